The maximum absolute atomic E-state index is 5.74. The number of aryl methyl sites for hydroxylation is 1. The van der Waals surface area contributed by atoms with Crippen molar-refractivity contribution in [3.63, 3.8) is 0 Å². The van der Waals surface area contributed by atoms with Gasteiger partial charge in [-0.2, -0.15) is 0 Å². The molecule has 0 saturated carbocycles. The number of methoxy groups -OCH3 is 1. The van der Waals surface area contributed by atoms with Crippen LogP contribution in [0.25, 0.3) is 0 Å². The van der Waals surface area contributed by atoms with Crippen LogP contribution in [-0.4, -0.2) is 39.4 Å². The molecule has 4 heteroatoms. The van der Waals surface area contributed by atoms with Crippen molar-refractivity contribution in [3.8, 4) is 17.6 Å². The predicted octanol–water partition coefficient (Wildman–Crippen LogP) is 3.41. The van der Waals surface area contributed by atoms with Crippen LogP contribution in [0.2, 0.25) is 0 Å². The summed E-state index contributed by atoms with van der Waals surface area (Å²) in [5, 5.41) is 0. The topological polar surface area (TPSA) is 27.7 Å². The van der Waals surface area contributed by atoms with Crippen LogP contribution in [0.3, 0.4) is 0 Å². The van der Waals surface area contributed by atoms with Gasteiger partial charge in [-0.25, -0.2) is 0 Å². The van der Waals surface area contributed by atoms with Gasteiger partial charge < -0.3 is 14.2 Å². The van der Waals surface area contributed by atoms with Gasteiger partial charge in [0.1, 0.15) is 5.75 Å². The van der Waals surface area contributed by atoms with Crippen LogP contribution in [-0.2, 0) is 9.47 Å². The lowest BCUT2D eigenvalue weighted by Crippen LogP contribution is -2.07. The highest BCUT2D eigenvalue weighted by molar-refractivity contribution is 6.18. The van der Waals surface area contributed by atoms with E-state index in [4.69, 9.17) is 25.8 Å². The summed E-state index contributed by atoms with van der Waals surface area (Å²) in [5.74, 6) is 7.58. The molecule has 0 saturated heterocycles. The lowest BCUT2D eigenvalue weighted by Gasteiger charge is -2.09. The van der Waals surface area contributed by atoms with E-state index in [9.17, 15) is 0 Å². The van der Waals surface area contributed by atoms with Crippen LogP contribution in [0.15, 0.2) is 18.2 Å². The van der Waals surface area contributed by atoms with Gasteiger partial charge in [0.15, 0.2) is 0 Å². The minimum atomic E-state index is 0.569. The van der Waals surface area contributed by atoms with Crippen LogP contribution in [0.4, 0.5) is 0 Å². The van der Waals surface area contributed by atoms with Crippen LogP contribution in [0.1, 0.15) is 24.0 Å². The van der Waals surface area contributed by atoms with Gasteiger partial charge in [0, 0.05) is 38.0 Å². The lowest BCUT2D eigenvalue weighted by molar-refractivity contribution is 0.0644. The zero-order valence-electron chi connectivity index (χ0n) is 12.8. The Labute approximate surface area is 132 Å². The van der Waals surface area contributed by atoms with Gasteiger partial charge in [-0.05, 0) is 30.7 Å². The quantitative estimate of drug-likeness (QED) is 0.397. The first-order chi connectivity index (χ1) is 10.3. The van der Waals surface area contributed by atoms with Crippen molar-refractivity contribution in [3.05, 3.63) is 29.3 Å². The summed E-state index contributed by atoms with van der Waals surface area (Å²) >= 11 is 5.60. The smallest absolute Gasteiger partial charge is 0.122 e. The Balaban J connectivity index is 2.31. The van der Waals surface area contributed by atoms with E-state index < -0.39 is 0 Å². The molecule has 0 unspecified atom stereocenters. The second-order valence-corrected chi connectivity index (χ2v) is 4.91. The van der Waals surface area contributed by atoms with Crippen LogP contribution < -0.4 is 4.74 Å². The Bertz CT molecular complexity index is 463. The Kier molecular flexibility index (Phi) is 9.73. The van der Waals surface area contributed by atoms with Crippen LogP contribution in [0.5, 0.6) is 5.75 Å². The van der Waals surface area contributed by atoms with Gasteiger partial charge in [0.25, 0.3) is 0 Å². The number of halogens is 1. The maximum atomic E-state index is 5.74. The third-order valence-corrected chi connectivity index (χ3v) is 2.94. The van der Waals surface area contributed by atoms with Crippen molar-refractivity contribution >= 4 is 11.6 Å². The summed E-state index contributed by atoms with van der Waals surface area (Å²) in [6.07, 6.45) is 1.57. The SMILES string of the molecule is COCCOCCCOc1ccc(C#CCCCl)cc1C. The van der Waals surface area contributed by atoms with Crippen molar-refractivity contribution in [2.75, 3.05) is 39.4 Å². The van der Waals surface area contributed by atoms with E-state index in [1.54, 1.807) is 7.11 Å². The highest BCUT2D eigenvalue weighted by Crippen LogP contribution is 2.18. The Morgan fingerprint density at radius 3 is 2.71 bits per heavy atom. The van der Waals surface area contributed by atoms with Crippen LogP contribution in [0, 0.1) is 18.8 Å². The third-order valence-electron chi connectivity index (χ3n) is 2.75. The Morgan fingerprint density at radius 2 is 2.00 bits per heavy atom. The first-order valence-electron chi connectivity index (χ1n) is 7.13. The molecular formula is C17H23ClO3. The standard InChI is InChI=1S/C17H23ClO3/c1-15-14-16(6-3-4-9-18)7-8-17(15)21-11-5-10-20-13-12-19-2/h7-8,14H,4-5,9-13H2,1-2H3. The summed E-state index contributed by atoms with van der Waals surface area (Å²) in [5.41, 5.74) is 2.08. The summed E-state index contributed by atoms with van der Waals surface area (Å²) in [7, 11) is 1.67. The van der Waals surface area contributed by atoms with E-state index in [2.05, 4.69) is 11.8 Å². The highest BCUT2D eigenvalue weighted by atomic mass is 35.5. The van der Waals surface area contributed by atoms with E-state index in [-0.39, 0.29) is 0 Å². The van der Waals surface area contributed by atoms with Gasteiger partial charge in [0.05, 0.1) is 19.8 Å². The van der Waals surface area contributed by atoms with E-state index >= 15 is 0 Å². The average Bonchev–Trinajstić information content (AvgIpc) is 2.48. The van der Waals surface area contributed by atoms with Crippen molar-refractivity contribution in [2.24, 2.45) is 0 Å². The van der Waals surface area contributed by atoms with Crippen LogP contribution >= 0.6 is 11.6 Å². The van der Waals surface area contributed by atoms with Crippen molar-refractivity contribution in [2.45, 2.75) is 19.8 Å². The Morgan fingerprint density at radius 1 is 1.14 bits per heavy atom. The molecule has 0 aliphatic carbocycles. The molecule has 0 heterocycles. The minimum absolute atomic E-state index is 0.569. The number of hydrogen-bond acceptors (Lipinski definition) is 3. The molecule has 0 N–H and O–H groups in total. The maximum Gasteiger partial charge on any atom is 0.122 e. The predicted molar refractivity (Wildman–Crippen MR) is 86.2 cm³/mol. The monoisotopic (exact) mass is 310 g/mol. The number of alkyl halides is 1. The number of benzene rings is 1. The molecule has 0 fully saturated rings. The minimum Gasteiger partial charge on any atom is -0.493 e. The summed E-state index contributed by atoms with van der Waals surface area (Å²) in [6.45, 7) is 4.62. The molecule has 0 aliphatic rings. The first-order valence-corrected chi connectivity index (χ1v) is 7.66. The lowest BCUT2D eigenvalue weighted by atomic mass is 10.1. The number of rotatable bonds is 9. The molecule has 1 rings (SSSR count). The van der Waals surface area contributed by atoms with E-state index in [1.165, 1.54) is 0 Å². The highest BCUT2D eigenvalue weighted by Gasteiger charge is 2.00. The molecule has 116 valence electrons. The fourth-order valence-corrected chi connectivity index (χ4v) is 1.78. The van der Waals surface area contributed by atoms with Crippen molar-refractivity contribution < 1.29 is 14.2 Å². The molecule has 0 spiro atoms. The van der Waals surface area contributed by atoms with Gasteiger partial charge in [0.2, 0.25) is 0 Å². The van der Waals surface area contributed by atoms with Crippen molar-refractivity contribution in [1.82, 2.24) is 0 Å². The number of hydrogen-bond donors (Lipinski definition) is 0. The van der Waals surface area contributed by atoms with E-state index in [0.717, 1.165) is 23.3 Å². The second-order valence-electron chi connectivity index (χ2n) is 4.53. The summed E-state index contributed by atoms with van der Waals surface area (Å²) < 4.78 is 16.0. The molecule has 0 aliphatic heterocycles. The van der Waals surface area contributed by atoms with E-state index in [1.807, 2.05) is 25.1 Å². The summed E-state index contributed by atoms with van der Waals surface area (Å²) in [6, 6.07) is 5.97. The zero-order chi connectivity index (χ0) is 15.3. The van der Waals surface area contributed by atoms with Gasteiger partial charge in [-0.15, -0.1) is 11.6 Å². The summed E-state index contributed by atoms with van der Waals surface area (Å²) in [4.78, 5) is 0. The first kappa shape index (κ1) is 17.8. The molecule has 0 radical (unpaired) electrons. The molecule has 3 nitrogen and oxygen atoms in total. The van der Waals surface area contributed by atoms with Crippen molar-refractivity contribution in [1.29, 1.82) is 0 Å². The van der Waals surface area contributed by atoms with Gasteiger partial charge in [-0.1, -0.05) is 11.8 Å². The fraction of sp³-hybridized carbons (Fsp3) is 0.529. The molecule has 1 aromatic carbocycles. The molecular weight excluding hydrogens is 288 g/mol. The molecule has 1 aromatic rings. The molecule has 0 atom stereocenters. The largest absolute Gasteiger partial charge is 0.493 e. The number of ether oxygens (including phenoxy) is 3. The zero-order valence-corrected chi connectivity index (χ0v) is 13.5. The fourth-order valence-electron chi connectivity index (χ4n) is 1.69. The molecule has 0 amide bonds. The normalized spacial score (nSPS) is 10.0. The third kappa shape index (κ3) is 7.96. The van der Waals surface area contributed by atoms with Gasteiger partial charge >= 0.3 is 0 Å². The molecule has 21 heavy (non-hydrogen) atoms. The molecule has 0 bridgehead atoms. The second kappa shape index (κ2) is 11.4. The average molecular weight is 311 g/mol. The molecule has 0 aromatic heterocycles. The van der Waals surface area contributed by atoms with Gasteiger partial charge in [-0.3, -0.25) is 0 Å². The van der Waals surface area contributed by atoms with E-state index in [0.29, 0.717) is 38.7 Å². The Hall–Kier alpha value is -1.21.